The number of carbonyl (C=O) groups is 2. The summed E-state index contributed by atoms with van der Waals surface area (Å²) in [5, 5.41) is 11.3. The van der Waals surface area contributed by atoms with Crippen molar-refractivity contribution in [1.29, 1.82) is 0 Å². The molecule has 6 heteroatoms. The SMILES string of the molecule is Cc1cc(F)ccc1C(=O)Nc1ccc(C(=O)O)cn1. The Hall–Kier alpha value is -2.76. The van der Waals surface area contributed by atoms with Crippen molar-refractivity contribution in [2.75, 3.05) is 5.32 Å². The summed E-state index contributed by atoms with van der Waals surface area (Å²) in [6, 6.07) is 6.56. The van der Waals surface area contributed by atoms with Crippen LogP contribution < -0.4 is 5.32 Å². The fraction of sp³-hybridized carbons (Fsp3) is 0.0714. The van der Waals surface area contributed by atoms with Gasteiger partial charge in [-0.2, -0.15) is 0 Å². The lowest BCUT2D eigenvalue weighted by molar-refractivity contribution is 0.0696. The minimum absolute atomic E-state index is 0.0287. The molecular formula is C14H11FN2O3. The number of carboxylic acids is 1. The van der Waals surface area contributed by atoms with Crippen molar-refractivity contribution in [2.45, 2.75) is 6.92 Å². The summed E-state index contributed by atoms with van der Waals surface area (Å²) in [5.41, 5.74) is 0.862. The van der Waals surface area contributed by atoms with Crippen LogP contribution in [-0.2, 0) is 0 Å². The van der Waals surface area contributed by atoms with Crippen LogP contribution >= 0.6 is 0 Å². The number of aromatic carboxylic acids is 1. The van der Waals surface area contributed by atoms with Gasteiger partial charge in [-0.3, -0.25) is 4.79 Å². The monoisotopic (exact) mass is 274 g/mol. The van der Waals surface area contributed by atoms with Crippen LogP contribution in [0.4, 0.5) is 10.2 Å². The number of anilines is 1. The zero-order valence-electron chi connectivity index (χ0n) is 10.6. The topological polar surface area (TPSA) is 79.3 Å². The molecule has 1 aromatic heterocycles. The number of hydrogen-bond acceptors (Lipinski definition) is 3. The smallest absolute Gasteiger partial charge is 0.337 e. The molecule has 0 radical (unpaired) electrons. The number of benzene rings is 1. The highest BCUT2D eigenvalue weighted by atomic mass is 19.1. The maximum absolute atomic E-state index is 13.0. The molecule has 0 saturated heterocycles. The number of amides is 1. The number of carboxylic acid groups (broad SMARTS) is 1. The molecule has 1 heterocycles. The second-order valence-corrected chi connectivity index (χ2v) is 4.15. The minimum Gasteiger partial charge on any atom is -0.478 e. The summed E-state index contributed by atoms with van der Waals surface area (Å²) in [5.74, 6) is -1.71. The molecular weight excluding hydrogens is 263 g/mol. The zero-order chi connectivity index (χ0) is 14.7. The number of aromatic nitrogens is 1. The highest BCUT2D eigenvalue weighted by molar-refractivity contribution is 6.04. The Morgan fingerprint density at radius 1 is 1.25 bits per heavy atom. The van der Waals surface area contributed by atoms with Crippen molar-refractivity contribution in [1.82, 2.24) is 4.98 Å². The van der Waals surface area contributed by atoms with E-state index in [1.165, 1.54) is 30.3 Å². The molecule has 102 valence electrons. The Balaban J connectivity index is 2.17. The molecule has 2 rings (SSSR count). The van der Waals surface area contributed by atoms with E-state index in [0.717, 1.165) is 6.20 Å². The Bertz CT molecular complexity index is 669. The molecule has 5 nitrogen and oxygen atoms in total. The van der Waals surface area contributed by atoms with Crippen molar-refractivity contribution in [3.05, 3.63) is 59.0 Å². The summed E-state index contributed by atoms with van der Waals surface area (Å²) in [7, 11) is 0. The summed E-state index contributed by atoms with van der Waals surface area (Å²) in [6.07, 6.45) is 1.15. The van der Waals surface area contributed by atoms with Gasteiger partial charge in [0.2, 0.25) is 0 Å². The van der Waals surface area contributed by atoms with Gasteiger partial charge < -0.3 is 10.4 Å². The van der Waals surface area contributed by atoms with Gasteiger partial charge in [0.15, 0.2) is 0 Å². The molecule has 0 bridgehead atoms. The van der Waals surface area contributed by atoms with Gasteiger partial charge in [-0.1, -0.05) is 0 Å². The number of nitrogens with one attached hydrogen (secondary N) is 1. The standard InChI is InChI=1S/C14H11FN2O3/c1-8-6-10(15)3-4-11(8)13(18)17-12-5-2-9(7-16-12)14(19)20/h2-7H,1H3,(H,19,20)(H,16,17,18). The van der Waals surface area contributed by atoms with Crippen molar-refractivity contribution in [3.8, 4) is 0 Å². The lowest BCUT2D eigenvalue weighted by Crippen LogP contribution is -2.14. The molecule has 0 aliphatic rings. The number of halogens is 1. The van der Waals surface area contributed by atoms with E-state index in [0.29, 0.717) is 11.1 Å². The van der Waals surface area contributed by atoms with Crippen molar-refractivity contribution in [3.63, 3.8) is 0 Å². The van der Waals surface area contributed by atoms with Crippen LogP contribution in [0, 0.1) is 12.7 Å². The van der Waals surface area contributed by atoms with Crippen LogP contribution in [0.25, 0.3) is 0 Å². The lowest BCUT2D eigenvalue weighted by Gasteiger charge is -2.07. The summed E-state index contributed by atoms with van der Waals surface area (Å²) in [4.78, 5) is 26.5. The number of aryl methyl sites for hydroxylation is 1. The molecule has 0 saturated carbocycles. The average Bonchev–Trinajstić information content (AvgIpc) is 2.39. The first-order valence-electron chi connectivity index (χ1n) is 5.74. The van der Waals surface area contributed by atoms with Gasteiger partial charge in [-0.25, -0.2) is 14.2 Å². The second kappa shape index (κ2) is 5.48. The van der Waals surface area contributed by atoms with Crippen molar-refractivity contribution in [2.24, 2.45) is 0 Å². The van der Waals surface area contributed by atoms with E-state index in [2.05, 4.69) is 10.3 Å². The largest absolute Gasteiger partial charge is 0.478 e. The minimum atomic E-state index is -1.09. The van der Waals surface area contributed by atoms with E-state index in [9.17, 15) is 14.0 Å². The number of carbonyl (C=O) groups excluding carboxylic acids is 1. The van der Waals surface area contributed by atoms with Gasteiger partial charge in [0.05, 0.1) is 5.56 Å². The summed E-state index contributed by atoms with van der Waals surface area (Å²) in [6.45, 7) is 1.62. The summed E-state index contributed by atoms with van der Waals surface area (Å²) >= 11 is 0. The molecule has 0 aliphatic heterocycles. The first kappa shape index (κ1) is 13.7. The van der Waals surface area contributed by atoms with Gasteiger partial charge in [0, 0.05) is 11.8 Å². The zero-order valence-corrected chi connectivity index (χ0v) is 10.6. The van der Waals surface area contributed by atoms with Crippen LogP contribution in [0.15, 0.2) is 36.5 Å². The van der Waals surface area contributed by atoms with E-state index < -0.39 is 17.7 Å². The van der Waals surface area contributed by atoms with Crippen LogP contribution in [0.5, 0.6) is 0 Å². The molecule has 0 spiro atoms. The lowest BCUT2D eigenvalue weighted by atomic mass is 10.1. The Kier molecular flexibility index (Phi) is 3.74. The molecule has 0 fully saturated rings. The number of hydrogen-bond donors (Lipinski definition) is 2. The third-order valence-corrected chi connectivity index (χ3v) is 2.69. The molecule has 1 amide bonds. The van der Waals surface area contributed by atoms with E-state index in [1.807, 2.05) is 0 Å². The first-order chi connectivity index (χ1) is 9.47. The fourth-order valence-electron chi connectivity index (χ4n) is 1.66. The third-order valence-electron chi connectivity index (χ3n) is 2.69. The Labute approximate surface area is 114 Å². The number of nitrogens with zero attached hydrogens (tertiary/aromatic N) is 1. The van der Waals surface area contributed by atoms with Crippen LogP contribution in [0.3, 0.4) is 0 Å². The van der Waals surface area contributed by atoms with Gasteiger partial charge in [0.1, 0.15) is 11.6 Å². The molecule has 0 unspecified atom stereocenters. The molecule has 1 aromatic carbocycles. The molecule has 2 aromatic rings. The van der Waals surface area contributed by atoms with Crippen molar-refractivity contribution < 1.29 is 19.1 Å². The van der Waals surface area contributed by atoms with Crippen LogP contribution in [0.2, 0.25) is 0 Å². The third kappa shape index (κ3) is 2.97. The second-order valence-electron chi connectivity index (χ2n) is 4.15. The molecule has 2 N–H and O–H groups in total. The highest BCUT2D eigenvalue weighted by Gasteiger charge is 2.11. The summed E-state index contributed by atoms with van der Waals surface area (Å²) < 4.78 is 13.0. The predicted molar refractivity (Wildman–Crippen MR) is 70.3 cm³/mol. The number of pyridine rings is 1. The number of rotatable bonds is 3. The van der Waals surface area contributed by atoms with Gasteiger partial charge >= 0.3 is 5.97 Å². The normalized spacial score (nSPS) is 10.1. The van der Waals surface area contributed by atoms with Gasteiger partial charge in [0.25, 0.3) is 5.91 Å². The highest BCUT2D eigenvalue weighted by Crippen LogP contribution is 2.13. The van der Waals surface area contributed by atoms with Crippen molar-refractivity contribution >= 4 is 17.7 Å². The quantitative estimate of drug-likeness (QED) is 0.901. The molecule has 0 atom stereocenters. The van der Waals surface area contributed by atoms with Gasteiger partial charge in [-0.15, -0.1) is 0 Å². The van der Waals surface area contributed by atoms with Gasteiger partial charge in [-0.05, 0) is 42.8 Å². The molecule has 0 aliphatic carbocycles. The Morgan fingerprint density at radius 2 is 2.00 bits per heavy atom. The maximum Gasteiger partial charge on any atom is 0.337 e. The fourth-order valence-corrected chi connectivity index (χ4v) is 1.66. The predicted octanol–water partition coefficient (Wildman–Crippen LogP) is 2.48. The van der Waals surface area contributed by atoms with Crippen LogP contribution in [-0.4, -0.2) is 22.0 Å². The van der Waals surface area contributed by atoms with Crippen LogP contribution in [0.1, 0.15) is 26.3 Å². The van der Waals surface area contributed by atoms with E-state index >= 15 is 0 Å². The van der Waals surface area contributed by atoms with E-state index in [4.69, 9.17) is 5.11 Å². The first-order valence-corrected chi connectivity index (χ1v) is 5.74. The molecule has 20 heavy (non-hydrogen) atoms. The van der Waals surface area contributed by atoms with E-state index in [1.54, 1.807) is 6.92 Å². The Morgan fingerprint density at radius 3 is 2.55 bits per heavy atom. The average molecular weight is 274 g/mol. The maximum atomic E-state index is 13.0. The van der Waals surface area contributed by atoms with E-state index in [-0.39, 0.29) is 11.4 Å².